The molecule has 5 nitrogen and oxygen atoms in total. The summed E-state index contributed by atoms with van der Waals surface area (Å²) in [7, 11) is 0. The van der Waals surface area contributed by atoms with Gasteiger partial charge in [-0.05, 0) is 62.8 Å². The molecule has 2 aromatic rings. The van der Waals surface area contributed by atoms with Crippen molar-refractivity contribution in [3.05, 3.63) is 51.7 Å². The Morgan fingerprint density at radius 3 is 2.75 bits per heavy atom. The summed E-state index contributed by atoms with van der Waals surface area (Å²) in [5.74, 6) is 1.06. The number of benzene rings is 1. The molecule has 2 aliphatic heterocycles. The molecule has 1 saturated heterocycles. The van der Waals surface area contributed by atoms with E-state index in [2.05, 4.69) is 49.6 Å². The largest absolute Gasteiger partial charge is 0.342 e. The van der Waals surface area contributed by atoms with Gasteiger partial charge in [0.2, 0.25) is 0 Å². The van der Waals surface area contributed by atoms with Crippen molar-refractivity contribution in [2.24, 2.45) is 4.99 Å². The van der Waals surface area contributed by atoms with Gasteiger partial charge in [0.15, 0.2) is 0 Å². The third kappa shape index (κ3) is 3.59. The summed E-state index contributed by atoms with van der Waals surface area (Å²) in [6, 6.07) is 10.3. The molecule has 6 heteroatoms. The van der Waals surface area contributed by atoms with Crippen molar-refractivity contribution >= 4 is 28.8 Å². The van der Waals surface area contributed by atoms with Crippen LogP contribution in [0.15, 0.2) is 40.7 Å². The van der Waals surface area contributed by atoms with Gasteiger partial charge < -0.3 is 10.2 Å². The fraction of sp³-hybridized carbons (Fsp3) is 0.455. The molecule has 2 N–H and O–H groups in total. The summed E-state index contributed by atoms with van der Waals surface area (Å²) >= 11 is 1.53. The van der Waals surface area contributed by atoms with Crippen LogP contribution in [0.1, 0.15) is 48.0 Å². The molecule has 1 spiro atoms. The number of fused-ring (bicyclic) bond motifs is 1. The van der Waals surface area contributed by atoms with Crippen LogP contribution in [-0.2, 0) is 6.54 Å². The number of carbonyl (C=O) groups is 1. The Morgan fingerprint density at radius 2 is 2.04 bits per heavy atom. The van der Waals surface area contributed by atoms with Gasteiger partial charge in [-0.2, -0.15) is 0 Å². The molecule has 0 aliphatic carbocycles. The number of amides is 1. The van der Waals surface area contributed by atoms with Crippen LogP contribution in [0, 0.1) is 6.92 Å². The van der Waals surface area contributed by atoms with E-state index in [1.807, 2.05) is 29.3 Å². The van der Waals surface area contributed by atoms with E-state index in [-0.39, 0.29) is 17.0 Å². The van der Waals surface area contributed by atoms with Gasteiger partial charge in [-0.15, -0.1) is 11.3 Å². The van der Waals surface area contributed by atoms with Crippen LogP contribution in [0.2, 0.25) is 0 Å². The highest BCUT2D eigenvalue weighted by Crippen LogP contribution is 2.32. The normalized spacial score (nSPS) is 23.6. The summed E-state index contributed by atoms with van der Waals surface area (Å²) < 4.78 is 0. The number of hydrogen-bond donors (Lipinski definition) is 2. The van der Waals surface area contributed by atoms with Gasteiger partial charge in [0.05, 0.1) is 16.0 Å². The lowest BCUT2D eigenvalue weighted by molar-refractivity contribution is 0.0790. The molecule has 1 unspecified atom stereocenters. The molecule has 1 atom stereocenters. The first-order valence-electron chi connectivity index (χ1n) is 9.81. The minimum atomic E-state index is -0.354. The third-order valence-electron chi connectivity index (χ3n) is 5.40. The topological polar surface area (TPSA) is 56.7 Å². The summed E-state index contributed by atoms with van der Waals surface area (Å²) in [6.07, 6.45) is 0.846. The van der Waals surface area contributed by atoms with E-state index in [1.165, 1.54) is 16.9 Å². The number of aryl methyl sites for hydroxylation is 1. The number of anilines is 1. The molecule has 0 saturated carbocycles. The van der Waals surface area contributed by atoms with Crippen LogP contribution in [0.25, 0.3) is 0 Å². The SMILES string of the molecule is Cc1ccsc1C(=O)N1CCC2(C1)NCc1ccccc1NC2=NC(C)(C)C. The first-order chi connectivity index (χ1) is 13.3. The van der Waals surface area contributed by atoms with Crippen molar-refractivity contribution in [1.29, 1.82) is 0 Å². The van der Waals surface area contributed by atoms with Crippen LogP contribution in [0.4, 0.5) is 5.69 Å². The maximum absolute atomic E-state index is 13.1. The Balaban J connectivity index is 1.68. The van der Waals surface area contributed by atoms with E-state index in [1.54, 1.807) is 0 Å². The van der Waals surface area contributed by atoms with E-state index in [4.69, 9.17) is 4.99 Å². The highest BCUT2D eigenvalue weighted by molar-refractivity contribution is 7.12. The lowest BCUT2D eigenvalue weighted by Crippen LogP contribution is -2.56. The fourth-order valence-corrected chi connectivity index (χ4v) is 4.81. The molecule has 148 valence electrons. The first kappa shape index (κ1) is 19.2. The van der Waals surface area contributed by atoms with Gasteiger partial charge in [-0.1, -0.05) is 18.2 Å². The zero-order chi connectivity index (χ0) is 19.9. The number of hydrogen-bond acceptors (Lipinski definition) is 4. The molecule has 1 amide bonds. The van der Waals surface area contributed by atoms with Crippen molar-refractivity contribution in [2.75, 3.05) is 18.4 Å². The second-order valence-electron chi connectivity index (χ2n) is 8.76. The number of nitrogens with one attached hydrogen (secondary N) is 2. The monoisotopic (exact) mass is 396 g/mol. The molecule has 1 fully saturated rings. The number of thiophene rings is 1. The minimum absolute atomic E-state index is 0.128. The van der Waals surface area contributed by atoms with Crippen molar-refractivity contribution < 1.29 is 4.79 Å². The molecule has 4 rings (SSSR count). The van der Waals surface area contributed by atoms with Crippen molar-refractivity contribution in [2.45, 2.75) is 51.7 Å². The maximum Gasteiger partial charge on any atom is 0.264 e. The Kier molecular flexibility index (Phi) is 4.79. The first-order valence-corrected chi connectivity index (χ1v) is 10.7. The van der Waals surface area contributed by atoms with Gasteiger partial charge in [-0.25, -0.2) is 0 Å². The van der Waals surface area contributed by atoms with E-state index in [9.17, 15) is 4.79 Å². The summed E-state index contributed by atoms with van der Waals surface area (Å²) in [4.78, 5) is 21.0. The predicted octanol–water partition coefficient (Wildman–Crippen LogP) is 4.05. The Morgan fingerprint density at radius 1 is 1.25 bits per heavy atom. The number of likely N-dealkylation sites (tertiary alicyclic amines) is 1. The highest BCUT2D eigenvalue weighted by Gasteiger charge is 2.46. The standard InChI is InChI=1S/C22H28N4OS/c1-15-9-12-28-18(15)19(27)26-11-10-22(14-26)20(25-21(2,3)4)24-17-8-6-5-7-16(17)13-23-22/h5-9,12,23H,10-11,13-14H2,1-4H3,(H,24,25). The quantitative estimate of drug-likeness (QED) is 0.764. The van der Waals surface area contributed by atoms with E-state index in [0.717, 1.165) is 41.5 Å². The minimum Gasteiger partial charge on any atom is -0.342 e. The molecule has 2 aliphatic rings. The van der Waals surface area contributed by atoms with Gasteiger partial charge in [0, 0.05) is 25.3 Å². The van der Waals surface area contributed by atoms with E-state index >= 15 is 0 Å². The van der Waals surface area contributed by atoms with Crippen molar-refractivity contribution in [3.8, 4) is 0 Å². The highest BCUT2D eigenvalue weighted by atomic mass is 32.1. The van der Waals surface area contributed by atoms with Crippen LogP contribution in [0.5, 0.6) is 0 Å². The number of nitrogens with zero attached hydrogens (tertiary/aromatic N) is 2. The summed E-state index contributed by atoms with van der Waals surface area (Å²) in [6.45, 7) is 10.4. The van der Waals surface area contributed by atoms with Gasteiger partial charge >= 0.3 is 0 Å². The van der Waals surface area contributed by atoms with Gasteiger partial charge in [0.1, 0.15) is 5.84 Å². The van der Waals surface area contributed by atoms with E-state index in [0.29, 0.717) is 6.54 Å². The molecule has 28 heavy (non-hydrogen) atoms. The number of para-hydroxylation sites is 1. The average molecular weight is 397 g/mol. The number of carbonyl (C=O) groups excluding carboxylic acids is 1. The summed E-state index contributed by atoms with van der Waals surface area (Å²) in [5.41, 5.74) is 2.80. The molecule has 0 radical (unpaired) electrons. The zero-order valence-corrected chi connectivity index (χ0v) is 17.8. The zero-order valence-electron chi connectivity index (χ0n) is 17.0. The lowest BCUT2D eigenvalue weighted by atomic mass is 9.95. The summed E-state index contributed by atoms with van der Waals surface area (Å²) in [5, 5.41) is 9.34. The Labute approximate surface area is 170 Å². The van der Waals surface area contributed by atoms with E-state index < -0.39 is 0 Å². The van der Waals surface area contributed by atoms with Gasteiger partial charge in [-0.3, -0.25) is 15.1 Å². The molecule has 0 bridgehead atoms. The molecule has 1 aromatic heterocycles. The van der Waals surface area contributed by atoms with Crippen LogP contribution < -0.4 is 10.6 Å². The van der Waals surface area contributed by atoms with Crippen LogP contribution in [-0.4, -0.2) is 40.8 Å². The maximum atomic E-state index is 13.1. The number of rotatable bonds is 1. The van der Waals surface area contributed by atoms with Crippen molar-refractivity contribution in [1.82, 2.24) is 10.2 Å². The van der Waals surface area contributed by atoms with Gasteiger partial charge in [0.25, 0.3) is 5.91 Å². The second-order valence-corrected chi connectivity index (χ2v) is 9.67. The number of amidine groups is 1. The fourth-order valence-electron chi connectivity index (χ4n) is 3.92. The molecular formula is C22H28N4OS. The Hall–Kier alpha value is -2.18. The second kappa shape index (κ2) is 7.01. The molecule has 3 heterocycles. The predicted molar refractivity (Wildman–Crippen MR) is 116 cm³/mol. The van der Waals surface area contributed by atoms with Crippen molar-refractivity contribution in [3.63, 3.8) is 0 Å². The van der Waals surface area contributed by atoms with Crippen LogP contribution in [0.3, 0.4) is 0 Å². The Bertz CT molecular complexity index is 927. The lowest BCUT2D eigenvalue weighted by Gasteiger charge is -2.32. The third-order valence-corrected chi connectivity index (χ3v) is 6.41. The average Bonchev–Trinajstić information content (AvgIpc) is 3.22. The molecular weight excluding hydrogens is 368 g/mol. The smallest absolute Gasteiger partial charge is 0.264 e. The number of aliphatic imine (C=N–C) groups is 1. The van der Waals surface area contributed by atoms with Crippen LogP contribution >= 0.6 is 11.3 Å². The molecule has 1 aromatic carbocycles.